The molecule has 0 saturated carbocycles. The van der Waals surface area contributed by atoms with Gasteiger partial charge < -0.3 is 14.1 Å². The first kappa shape index (κ1) is 20.0. The Morgan fingerprint density at radius 3 is 2.35 bits per heavy atom. The zero-order valence-electron chi connectivity index (χ0n) is 18.5. The highest BCUT2D eigenvalue weighted by molar-refractivity contribution is 5.84. The number of imidazole rings is 1. The molecule has 0 spiro atoms. The molecule has 164 valence electrons. The number of para-hydroxylation sites is 2. The molecule has 5 heteroatoms. The molecule has 5 nitrogen and oxygen atoms in total. The second-order valence-corrected chi connectivity index (χ2v) is 8.00. The first-order valence-electron chi connectivity index (χ1n) is 11.0. The molecular weight excluding hydrogens is 422 g/mol. The van der Waals surface area contributed by atoms with E-state index in [0.717, 1.165) is 44.6 Å². The van der Waals surface area contributed by atoms with Crippen molar-refractivity contribution >= 4 is 27.7 Å². The number of benzene rings is 4. The molecule has 0 bridgehead atoms. The third-order valence-corrected chi connectivity index (χ3v) is 5.80. The molecule has 4 aromatic carbocycles. The highest BCUT2D eigenvalue weighted by Gasteiger charge is 2.12. The van der Waals surface area contributed by atoms with Gasteiger partial charge >= 0.3 is 0 Å². The molecule has 0 atom stereocenters. The molecule has 6 rings (SSSR count). The Morgan fingerprint density at radius 2 is 1.56 bits per heavy atom. The van der Waals surface area contributed by atoms with Crippen LogP contribution in [0.3, 0.4) is 0 Å². The molecule has 0 radical (unpaired) electrons. The second-order valence-electron chi connectivity index (χ2n) is 8.00. The summed E-state index contributed by atoms with van der Waals surface area (Å²) in [6.07, 6.45) is 0. The lowest BCUT2D eigenvalue weighted by Gasteiger charge is -2.06. The van der Waals surface area contributed by atoms with E-state index in [4.69, 9.17) is 19.1 Å². The number of hydrogen-bond acceptors (Lipinski definition) is 4. The molecular formula is C29H21N3O2. The predicted molar refractivity (Wildman–Crippen MR) is 135 cm³/mol. The van der Waals surface area contributed by atoms with Gasteiger partial charge in [0.05, 0.1) is 29.4 Å². The van der Waals surface area contributed by atoms with Crippen LogP contribution in [0.25, 0.3) is 44.5 Å². The summed E-state index contributed by atoms with van der Waals surface area (Å²) in [6, 6.07) is 34.1. The Balaban J connectivity index is 1.52. The Labute approximate surface area is 196 Å². The predicted octanol–water partition coefficient (Wildman–Crippen LogP) is 6.88. The summed E-state index contributed by atoms with van der Waals surface area (Å²) in [4.78, 5) is 13.0. The van der Waals surface area contributed by atoms with Gasteiger partial charge in [0.25, 0.3) is 0 Å². The number of nitrogens with zero attached hydrogens (tertiary/aromatic N) is 2. The van der Waals surface area contributed by atoms with E-state index in [1.54, 1.807) is 7.11 Å². The van der Waals surface area contributed by atoms with Gasteiger partial charge in [-0.25, -0.2) is 9.98 Å². The molecule has 2 heterocycles. The van der Waals surface area contributed by atoms with Gasteiger partial charge in [-0.1, -0.05) is 54.6 Å². The number of nitrogens with one attached hydrogen (secondary N) is 1. The van der Waals surface area contributed by atoms with Crippen LogP contribution in [0.5, 0.6) is 5.75 Å². The van der Waals surface area contributed by atoms with Crippen LogP contribution in [0.1, 0.15) is 0 Å². The van der Waals surface area contributed by atoms with Crippen molar-refractivity contribution in [1.82, 2.24) is 9.97 Å². The molecule has 6 aromatic rings. The Morgan fingerprint density at radius 1 is 0.794 bits per heavy atom. The summed E-state index contributed by atoms with van der Waals surface area (Å²) in [6.45, 7) is 0. The zero-order chi connectivity index (χ0) is 22.9. The molecule has 0 aliphatic rings. The lowest BCUT2D eigenvalue weighted by molar-refractivity contribution is 0.415. The number of rotatable bonds is 4. The normalized spacial score (nSPS) is 11.9. The lowest BCUT2D eigenvalue weighted by Crippen LogP contribution is -2.06. The summed E-state index contributed by atoms with van der Waals surface area (Å²) in [7, 11) is 1.65. The average molecular weight is 444 g/mol. The van der Waals surface area contributed by atoms with Gasteiger partial charge in [-0.15, -0.1) is 0 Å². The molecule has 34 heavy (non-hydrogen) atoms. The monoisotopic (exact) mass is 443 g/mol. The Kier molecular flexibility index (Phi) is 4.92. The fourth-order valence-corrected chi connectivity index (χ4v) is 4.04. The summed E-state index contributed by atoms with van der Waals surface area (Å²) in [5.41, 5.74) is 6.95. The van der Waals surface area contributed by atoms with Crippen molar-refractivity contribution in [1.29, 1.82) is 0 Å². The van der Waals surface area contributed by atoms with Crippen LogP contribution in [0.4, 0.5) is 5.69 Å². The first-order valence-corrected chi connectivity index (χ1v) is 11.0. The van der Waals surface area contributed by atoms with E-state index in [2.05, 4.69) is 29.2 Å². The van der Waals surface area contributed by atoms with Crippen LogP contribution >= 0.6 is 0 Å². The molecule has 0 unspecified atom stereocenters. The number of fused-ring (bicyclic) bond motifs is 2. The third kappa shape index (κ3) is 3.73. The molecule has 0 fully saturated rings. The van der Waals surface area contributed by atoms with Crippen LogP contribution in [0.15, 0.2) is 113 Å². The van der Waals surface area contributed by atoms with E-state index in [-0.39, 0.29) is 0 Å². The first-order chi connectivity index (χ1) is 16.8. The number of ether oxygens (including phenoxy) is 1. The minimum atomic E-state index is 0.490. The number of hydrogen-bond donors (Lipinski definition) is 1. The molecule has 0 amide bonds. The third-order valence-electron chi connectivity index (χ3n) is 5.80. The van der Waals surface area contributed by atoms with E-state index in [1.165, 1.54) is 5.56 Å². The van der Waals surface area contributed by atoms with Crippen LogP contribution in [-0.4, -0.2) is 17.1 Å². The average Bonchev–Trinajstić information content (AvgIpc) is 3.33. The lowest BCUT2D eigenvalue weighted by atomic mass is 10.1. The van der Waals surface area contributed by atoms with Gasteiger partial charge in [-0.05, 0) is 59.7 Å². The fraction of sp³-hybridized carbons (Fsp3) is 0.0345. The van der Waals surface area contributed by atoms with E-state index in [1.807, 2.05) is 78.9 Å². The minimum absolute atomic E-state index is 0.490. The van der Waals surface area contributed by atoms with Crippen molar-refractivity contribution in [3.05, 3.63) is 109 Å². The van der Waals surface area contributed by atoms with Gasteiger partial charge in [0.2, 0.25) is 5.55 Å². The standard InChI is InChI=1S/C29H21N3O2/c1-33-23-15-16-27-21(17-23)18-24(28-31-25-9-5-6-10-26(25)32-28)29(34-27)30-22-13-11-20(12-14-22)19-7-3-2-4-8-19/h2-18H,1H3,(H,31,32). The number of H-pyrrole nitrogens is 1. The van der Waals surface area contributed by atoms with Crippen molar-refractivity contribution in [2.24, 2.45) is 4.99 Å². The van der Waals surface area contributed by atoms with Crippen molar-refractivity contribution in [3.8, 4) is 28.3 Å². The van der Waals surface area contributed by atoms with Crippen LogP contribution in [0.2, 0.25) is 0 Å². The van der Waals surface area contributed by atoms with Crippen LogP contribution in [-0.2, 0) is 0 Å². The van der Waals surface area contributed by atoms with E-state index >= 15 is 0 Å². The minimum Gasteiger partial charge on any atom is -0.497 e. The summed E-state index contributed by atoms with van der Waals surface area (Å²) < 4.78 is 11.7. The van der Waals surface area contributed by atoms with E-state index in [0.29, 0.717) is 11.4 Å². The van der Waals surface area contributed by atoms with Gasteiger partial charge in [-0.2, -0.15) is 0 Å². The molecule has 1 N–H and O–H groups in total. The maximum Gasteiger partial charge on any atom is 0.230 e. The van der Waals surface area contributed by atoms with Gasteiger partial charge in [0.15, 0.2) is 0 Å². The Bertz CT molecular complexity index is 1650. The summed E-state index contributed by atoms with van der Waals surface area (Å²) in [5.74, 6) is 1.47. The molecule has 0 saturated heterocycles. The second kappa shape index (κ2) is 8.37. The maximum absolute atomic E-state index is 6.28. The van der Waals surface area contributed by atoms with Gasteiger partial charge in [-0.3, -0.25) is 0 Å². The number of methoxy groups -OCH3 is 1. The largest absolute Gasteiger partial charge is 0.497 e. The summed E-state index contributed by atoms with van der Waals surface area (Å²) in [5, 5.41) is 0.910. The van der Waals surface area contributed by atoms with Crippen LogP contribution < -0.4 is 10.3 Å². The molecule has 2 aromatic heterocycles. The Hall–Kier alpha value is -4.64. The van der Waals surface area contributed by atoms with Crippen molar-refractivity contribution in [2.45, 2.75) is 0 Å². The zero-order valence-corrected chi connectivity index (χ0v) is 18.5. The van der Waals surface area contributed by atoms with Crippen molar-refractivity contribution in [3.63, 3.8) is 0 Å². The SMILES string of the molecule is COc1ccc2oc(=Nc3ccc(-c4ccccc4)cc3)c(-c3nc4ccccc4[nH]3)cc2c1. The van der Waals surface area contributed by atoms with Crippen LogP contribution in [0, 0.1) is 0 Å². The van der Waals surface area contributed by atoms with E-state index in [9.17, 15) is 0 Å². The van der Waals surface area contributed by atoms with Crippen molar-refractivity contribution in [2.75, 3.05) is 7.11 Å². The van der Waals surface area contributed by atoms with Crippen molar-refractivity contribution < 1.29 is 9.15 Å². The number of aromatic amines is 1. The van der Waals surface area contributed by atoms with E-state index < -0.39 is 0 Å². The summed E-state index contributed by atoms with van der Waals surface area (Å²) >= 11 is 0. The topological polar surface area (TPSA) is 63.4 Å². The maximum atomic E-state index is 6.28. The molecule has 0 aliphatic carbocycles. The smallest absolute Gasteiger partial charge is 0.230 e. The number of aromatic nitrogens is 2. The highest BCUT2D eigenvalue weighted by Crippen LogP contribution is 2.26. The fourth-order valence-electron chi connectivity index (χ4n) is 4.04. The van der Waals surface area contributed by atoms with Gasteiger partial charge in [0.1, 0.15) is 17.2 Å². The molecule has 0 aliphatic heterocycles. The quantitative estimate of drug-likeness (QED) is 0.323. The highest BCUT2D eigenvalue weighted by atomic mass is 16.5. The van der Waals surface area contributed by atoms with Gasteiger partial charge in [0, 0.05) is 5.39 Å².